The molecule has 3 amide bonds. The fourth-order valence-corrected chi connectivity index (χ4v) is 1.72. The number of aryl methyl sites for hydroxylation is 1. The number of piperazine rings is 1. The summed E-state index contributed by atoms with van der Waals surface area (Å²) in [5.74, 6) is -1.29. The van der Waals surface area contributed by atoms with Gasteiger partial charge in [0.15, 0.2) is 0 Å². The van der Waals surface area contributed by atoms with Crippen LogP contribution in [0.1, 0.15) is 23.0 Å². The van der Waals surface area contributed by atoms with Gasteiger partial charge in [-0.3, -0.25) is 24.7 Å². The second-order valence-electron chi connectivity index (χ2n) is 4.21. The van der Waals surface area contributed by atoms with Gasteiger partial charge in [-0.05, 0) is 26.0 Å². The third kappa shape index (κ3) is 2.22. The van der Waals surface area contributed by atoms with Gasteiger partial charge >= 0.3 is 0 Å². The first-order valence-corrected chi connectivity index (χ1v) is 5.56. The molecule has 0 radical (unpaired) electrons. The minimum Gasteiger partial charge on any atom is -0.318 e. The van der Waals surface area contributed by atoms with Gasteiger partial charge in [0, 0.05) is 11.9 Å². The summed E-state index contributed by atoms with van der Waals surface area (Å²) in [6, 6.07) is 2.69. The molecule has 0 bridgehead atoms. The van der Waals surface area contributed by atoms with Crippen molar-refractivity contribution in [2.24, 2.45) is 0 Å². The molecule has 6 heteroatoms. The van der Waals surface area contributed by atoms with E-state index in [1.54, 1.807) is 19.1 Å². The third-order valence-electron chi connectivity index (χ3n) is 2.84. The van der Waals surface area contributed by atoms with Crippen molar-refractivity contribution in [2.45, 2.75) is 19.9 Å². The summed E-state index contributed by atoms with van der Waals surface area (Å²) in [4.78, 5) is 40.2. The van der Waals surface area contributed by atoms with Crippen LogP contribution in [0.25, 0.3) is 0 Å². The molecule has 2 rings (SSSR count). The SMILES string of the molecule is Cc1ccc(C(=O)N2CC(=O)NC(=O)C2C)cn1. The first-order valence-electron chi connectivity index (χ1n) is 5.56. The highest BCUT2D eigenvalue weighted by Gasteiger charge is 2.33. The zero-order valence-corrected chi connectivity index (χ0v) is 10.1. The summed E-state index contributed by atoms with van der Waals surface area (Å²) in [6.07, 6.45) is 1.45. The molecule has 0 saturated carbocycles. The Morgan fingerprint density at radius 1 is 1.44 bits per heavy atom. The Morgan fingerprint density at radius 2 is 2.17 bits per heavy atom. The molecule has 2 heterocycles. The fraction of sp³-hybridized carbons (Fsp3) is 0.333. The molecule has 0 aromatic carbocycles. The lowest BCUT2D eigenvalue weighted by molar-refractivity contribution is -0.138. The van der Waals surface area contributed by atoms with Crippen LogP contribution < -0.4 is 5.32 Å². The molecular weight excluding hydrogens is 234 g/mol. The van der Waals surface area contributed by atoms with Gasteiger partial charge < -0.3 is 4.90 Å². The molecule has 94 valence electrons. The quantitative estimate of drug-likeness (QED) is 0.701. The number of nitrogens with zero attached hydrogens (tertiary/aromatic N) is 2. The molecule has 1 aliphatic heterocycles. The van der Waals surface area contributed by atoms with Crippen molar-refractivity contribution in [2.75, 3.05) is 6.54 Å². The zero-order valence-electron chi connectivity index (χ0n) is 10.1. The standard InChI is InChI=1S/C12H13N3O3/c1-7-3-4-9(5-13-7)12(18)15-6-10(16)14-11(17)8(15)2/h3-5,8H,6H2,1-2H3,(H,14,16,17). The summed E-state index contributed by atoms with van der Waals surface area (Å²) in [7, 11) is 0. The number of carbonyl (C=O) groups is 3. The van der Waals surface area contributed by atoms with Crippen LogP contribution >= 0.6 is 0 Å². The van der Waals surface area contributed by atoms with Gasteiger partial charge in [-0.1, -0.05) is 0 Å². The van der Waals surface area contributed by atoms with Crippen LogP contribution in [0.4, 0.5) is 0 Å². The van der Waals surface area contributed by atoms with E-state index in [-0.39, 0.29) is 12.5 Å². The molecule has 1 saturated heterocycles. The van der Waals surface area contributed by atoms with Gasteiger partial charge in [0.25, 0.3) is 5.91 Å². The molecule has 1 aromatic rings. The van der Waals surface area contributed by atoms with E-state index in [4.69, 9.17) is 0 Å². The minimum atomic E-state index is -0.656. The molecule has 0 aliphatic carbocycles. The maximum absolute atomic E-state index is 12.2. The molecule has 6 nitrogen and oxygen atoms in total. The summed E-state index contributed by atoms with van der Waals surface area (Å²) < 4.78 is 0. The van der Waals surface area contributed by atoms with Crippen molar-refractivity contribution in [3.8, 4) is 0 Å². The zero-order chi connectivity index (χ0) is 13.3. The van der Waals surface area contributed by atoms with Crippen molar-refractivity contribution >= 4 is 17.7 Å². The Morgan fingerprint density at radius 3 is 2.78 bits per heavy atom. The predicted molar refractivity (Wildman–Crippen MR) is 62.6 cm³/mol. The van der Waals surface area contributed by atoms with Crippen molar-refractivity contribution in [1.29, 1.82) is 0 Å². The van der Waals surface area contributed by atoms with Gasteiger partial charge in [-0.25, -0.2) is 0 Å². The predicted octanol–water partition coefficient (Wildman–Crippen LogP) is -0.123. The van der Waals surface area contributed by atoms with E-state index < -0.39 is 17.9 Å². The smallest absolute Gasteiger partial charge is 0.256 e. The van der Waals surface area contributed by atoms with Crippen LogP contribution in [0.15, 0.2) is 18.3 Å². The lowest BCUT2D eigenvalue weighted by atomic mass is 10.1. The number of aromatic nitrogens is 1. The lowest BCUT2D eigenvalue weighted by Crippen LogP contribution is -2.58. The van der Waals surface area contributed by atoms with E-state index in [0.717, 1.165) is 5.69 Å². The van der Waals surface area contributed by atoms with Crippen LogP contribution in [0.3, 0.4) is 0 Å². The second kappa shape index (κ2) is 4.56. The Balaban J connectivity index is 2.24. The van der Waals surface area contributed by atoms with Crippen molar-refractivity contribution < 1.29 is 14.4 Å². The molecule has 1 aliphatic rings. The van der Waals surface area contributed by atoms with Gasteiger partial charge in [0.1, 0.15) is 12.6 Å². The van der Waals surface area contributed by atoms with Gasteiger partial charge in [0.05, 0.1) is 5.56 Å². The summed E-state index contributed by atoms with van der Waals surface area (Å²) >= 11 is 0. The molecule has 1 atom stereocenters. The summed E-state index contributed by atoms with van der Waals surface area (Å²) in [5.41, 5.74) is 1.17. The number of hydrogen-bond acceptors (Lipinski definition) is 4. The Kier molecular flexibility index (Phi) is 3.10. The van der Waals surface area contributed by atoms with Crippen LogP contribution in [-0.2, 0) is 9.59 Å². The molecule has 1 unspecified atom stereocenters. The van der Waals surface area contributed by atoms with E-state index in [1.807, 2.05) is 6.92 Å². The van der Waals surface area contributed by atoms with Crippen LogP contribution in [0, 0.1) is 6.92 Å². The van der Waals surface area contributed by atoms with Crippen molar-refractivity contribution in [3.63, 3.8) is 0 Å². The van der Waals surface area contributed by atoms with Crippen molar-refractivity contribution in [1.82, 2.24) is 15.2 Å². The van der Waals surface area contributed by atoms with Gasteiger partial charge in [0.2, 0.25) is 11.8 Å². The maximum Gasteiger partial charge on any atom is 0.256 e. The van der Waals surface area contributed by atoms with Gasteiger partial charge in [-0.15, -0.1) is 0 Å². The monoisotopic (exact) mass is 247 g/mol. The van der Waals surface area contributed by atoms with E-state index in [9.17, 15) is 14.4 Å². The van der Waals surface area contributed by atoms with E-state index in [1.165, 1.54) is 11.1 Å². The maximum atomic E-state index is 12.2. The highest BCUT2D eigenvalue weighted by Crippen LogP contribution is 2.11. The number of nitrogens with one attached hydrogen (secondary N) is 1. The largest absolute Gasteiger partial charge is 0.318 e. The number of amides is 3. The van der Waals surface area contributed by atoms with E-state index >= 15 is 0 Å². The first kappa shape index (κ1) is 12.2. The molecule has 18 heavy (non-hydrogen) atoms. The summed E-state index contributed by atoms with van der Waals surface area (Å²) in [5, 5.41) is 2.19. The van der Waals surface area contributed by atoms with Crippen molar-refractivity contribution in [3.05, 3.63) is 29.6 Å². The number of rotatable bonds is 1. The van der Waals surface area contributed by atoms with Crippen LogP contribution in [0.5, 0.6) is 0 Å². The number of carbonyl (C=O) groups excluding carboxylic acids is 3. The Bertz CT molecular complexity index is 510. The minimum absolute atomic E-state index is 0.111. The highest BCUT2D eigenvalue weighted by atomic mass is 16.2. The molecule has 0 spiro atoms. The topological polar surface area (TPSA) is 79.4 Å². The third-order valence-corrected chi connectivity index (χ3v) is 2.84. The Labute approximate surface area is 104 Å². The normalized spacial score (nSPS) is 19.7. The van der Waals surface area contributed by atoms with Crippen LogP contribution in [0.2, 0.25) is 0 Å². The Hall–Kier alpha value is -2.24. The average molecular weight is 247 g/mol. The first-order chi connectivity index (χ1) is 8.49. The molecule has 1 aromatic heterocycles. The van der Waals surface area contributed by atoms with Crippen LogP contribution in [-0.4, -0.2) is 40.2 Å². The average Bonchev–Trinajstić information content (AvgIpc) is 2.34. The van der Waals surface area contributed by atoms with E-state index in [2.05, 4.69) is 10.3 Å². The molecule has 1 fully saturated rings. The number of hydrogen-bond donors (Lipinski definition) is 1. The number of pyridine rings is 1. The fourth-order valence-electron chi connectivity index (χ4n) is 1.72. The second-order valence-corrected chi connectivity index (χ2v) is 4.21. The van der Waals surface area contributed by atoms with E-state index in [0.29, 0.717) is 5.56 Å². The molecule has 1 N–H and O–H groups in total. The number of imide groups is 1. The highest BCUT2D eigenvalue weighted by molar-refractivity contribution is 6.06. The molecular formula is C12H13N3O3. The lowest BCUT2D eigenvalue weighted by Gasteiger charge is -2.31. The summed E-state index contributed by atoms with van der Waals surface area (Å²) in [6.45, 7) is 3.29. The van der Waals surface area contributed by atoms with Gasteiger partial charge in [-0.2, -0.15) is 0 Å².